The third-order valence-electron chi connectivity index (χ3n) is 9.10. The van der Waals surface area contributed by atoms with E-state index in [4.69, 9.17) is 9.47 Å². The van der Waals surface area contributed by atoms with Crippen LogP contribution in [0.1, 0.15) is 72.1 Å². The Morgan fingerprint density at radius 3 is 2.61 bits per heavy atom. The summed E-state index contributed by atoms with van der Waals surface area (Å²) in [5.74, 6) is -1.45. The van der Waals surface area contributed by atoms with E-state index in [0.29, 0.717) is 19.3 Å². The number of allylic oxidation sites excluding steroid dienone is 4. The molecule has 0 bridgehead atoms. The summed E-state index contributed by atoms with van der Waals surface area (Å²) in [7, 11) is 0. The summed E-state index contributed by atoms with van der Waals surface area (Å²) in [4.78, 5) is 64.6. The monoisotopic (exact) mass is 503 g/mol. The van der Waals surface area contributed by atoms with Crippen LogP contribution in [0.5, 0.6) is 0 Å². The molecule has 0 unspecified atom stereocenters. The van der Waals surface area contributed by atoms with Gasteiger partial charge in [0.05, 0.1) is 6.42 Å². The Balaban J connectivity index is 1.66. The number of hydrogen-bond acceptors (Lipinski definition) is 9. The number of Topliss-reactive ketones (excluding diaryl/α,β-unsaturated/α-hetero) is 1. The molecule has 0 aromatic carbocycles. The maximum atomic E-state index is 13.6. The number of esters is 2. The normalized spacial score (nSPS) is 34.8. The van der Waals surface area contributed by atoms with E-state index in [1.54, 1.807) is 0 Å². The molecule has 36 heavy (non-hydrogen) atoms. The Kier molecular flexibility index (Phi) is 6.83. The van der Waals surface area contributed by atoms with Crippen LogP contribution in [0.25, 0.3) is 0 Å². The first-order chi connectivity index (χ1) is 16.9. The van der Waals surface area contributed by atoms with Crippen molar-refractivity contribution in [1.82, 2.24) is 0 Å². The molecule has 4 rings (SSSR count). The van der Waals surface area contributed by atoms with E-state index in [-0.39, 0.29) is 35.9 Å². The lowest BCUT2D eigenvalue weighted by Crippen LogP contribution is -2.58. The predicted octanol–water partition coefficient (Wildman–Crippen LogP) is 3.45. The number of ketones is 2. The molecule has 0 aromatic heterocycles. The first kappa shape index (κ1) is 26.0. The summed E-state index contributed by atoms with van der Waals surface area (Å²) < 4.78 is 10.9. The zero-order valence-electron chi connectivity index (χ0n) is 21.0. The van der Waals surface area contributed by atoms with Crippen molar-refractivity contribution in [2.24, 2.45) is 22.7 Å². The molecule has 5 atom stereocenters. The van der Waals surface area contributed by atoms with Crippen LogP contribution in [0.2, 0.25) is 0 Å². The second kappa shape index (κ2) is 9.44. The molecule has 10 nitrogen and oxygen atoms in total. The first-order valence-electron chi connectivity index (χ1n) is 12.5. The van der Waals surface area contributed by atoms with Gasteiger partial charge in [-0.15, -0.1) is 10.1 Å². The molecule has 4 aliphatic carbocycles. The highest BCUT2D eigenvalue weighted by atomic mass is 16.9. The Labute approximate surface area is 209 Å². The second-order valence-electron chi connectivity index (χ2n) is 10.9. The van der Waals surface area contributed by atoms with E-state index in [1.807, 2.05) is 13.0 Å². The van der Waals surface area contributed by atoms with E-state index in [9.17, 15) is 29.3 Å². The van der Waals surface area contributed by atoms with Crippen LogP contribution in [0, 0.1) is 32.8 Å². The Hall–Kier alpha value is -3.04. The molecule has 0 saturated heterocycles. The van der Waals surface area contributed by atoms with E-state index in [2.05, 4.69) is 17.8 Å². The van der Waals surface area contributed by atoms with Gasteiger partial charge < -0.3 is 14.3 Å². The van der Waals surface area contributed by atoms with Gasteiger partial charge in [-0.1, -0.05) is 31.1 Å². The fourth-order valence-electron chi connectivity index (χ4n) is 7.27. The topological polar surface area (TPSA) is 139 Å². The number of carbonyl (C=O) groups excluding carboxylic acids is 4. The summed E-state index contributed by atoms with van der Waals surface area (Å²) in [6.45, 7) is 4.39. The van der Waals surface area contributed by atoms with Crippen LogP contribution < -0.4 is 0 Å². The molecule has 0 radical (unpaired) electrons. The number of rotatable bonds is 8. The lowest BCUT2D eigenvalue weighted by molar-refractivity contribution is -0.757. The minimum Gasteiger partial charge on any atom is -0.458 e. The minimum absolute atomic E-state index is 0.0533. The lowest BCUT2D eigenvalue weighted by atomic mass is 9.50. The smallest absolute Gasteiger partial charge is 0.308 e. The van der Waals surface area contributed by atoms with E-state index in [0.717, 1.165) is 19.3 Å². The fraction of sp³-hybridized carbons (Fsp3) is 0.692. The van der Waals surface area contributed by atoms with Gasteiger partial charge in [0, 0.05) is 24.2 Å². The number of nitrogens with zero attached hydrogens (tertiary/aromatic N) is 1. The SMILES string of the molecule is CC(=O)OCC(=O)[C@@]1(OC(=O)CCO[N+](=O)[O-])CC[C@H]2[C@@H]3CCC4=CC(=O)CC[C@]4(C)C3=CC[C@@]21C. The number of fused-ring (bicyclic) bond motifs is 5. The summed E-state index contributed by atoms with van der Waals surface area (Å²) in [5.41, 5.74) is 0.0588. The van der Waals surface area contributed by atoms with Crippen molar-refractivity contribution in [3.05, 3.63) is 33.4 Å². The molecular weight excluding hydrogens is 470 g/mol. The molecule has 4 aliphatic rings. The number of ether oxygens (including phenoxy) is 2. The van der Waals surface area contributed by atoms with Crippen LogP contribution in [0.4, 0.5) is 0 Å². The van der Waals surface area contributed by atoms with Gasteiger partial charge >= 0.3 is 11.9 Å². The van der Waals surface area contributed by atoms with Gasteiger partial charge in [-0.2, -0.15) is 0 Å². The molecule has 0 heterocycles. The molecule has 196 valence electrons. The number of hydrogen-bond donors (Lipinski definition) is 0. The summed E-state index contributed by atoms with van der Waals surface area (Å²) in [5, 5.41) is 9.48. The van der Waals surface area contributed by atoms with Crippen molar-refractivity contribution in [1.29, 1.82) is 0 Å². The van der Waals surface area contributed by atoms with Crippen LogP contribution in [-0.2, 0) is 33.5 Å². The van der Waals surface area contributed by atoms with Crippen molar-refractivity contribution < 1.29 is 38.6 Å². The fourth-order valence-corrected chi connectivity index (χ4v) is 7.27. The molecule has 0 aromatic rings. The van der Waals surface area contributed by atoms with Crippen LogP contribution in [0.3, 0.4) is 0 Å². The molecule has 0 N–H and O–H groups in total. The maximum absolute atomic E-state index is 13.6. The summed E-state index contributed by atoms with van der Waals surface area (Å²) >= 11 is 0. The highest BCUT2D eigenvalue weighted by Gasteiger charge is 2.67. The Bertz CT molecular complexity index is 1060. The molecule has 10 heteroatoms. The highest BCUT2D eigenvalue weighted by molar-refractivity contribution is 5.93. The van der Waals surface area contributed by atoms with Crippen molar-refractivity contribution in [2.45, 2.75) is 77.7 Å². The first-order valence-corrected chi connectivity index (χ1v) is 12.5. The Morgan fingerprint density at radius 1 is 1.17 bits per heavy atom. The van der Waals surface area contributed by atoms with Gasteiger partial charge in [0.15, 0.2) is 18.0 Å². The third-order valence-corrected chi connectivity index (χ3v) is 9.10. The van der Waals surface area contributed by atoms with Crippen LogP contribution in [-0.4, -0.2) is 47.4 Å². The van der Waals surface area contributed by atoms with E-state index >= 15 is 0 Å². The second-order valence-corrected chi connectivity index (χ2v) is 10.9. The molecular formula is C26H33NO9. The van der Waals surface area contributed by atoms with Crippen LogP contribution >= 0.6 is 0 Å². The lowest BCUT2D eigenvalue weighted by Gasteiger charge is -2.55. The summed E-state index contributed by atoms with van der Waals surface area (Å²) in [6, 6.07) is 0. The van der Waals surface area contributed by atoms with Crippen molar-refractivity contribution in [3.8, 4) is 0 Å². The Morgan fingerprint density at radius 2 is 1.92 bits per heavy atom. The maximum Gasteiger partial charge on any atom is 0.308 e. The van der Waals surface area contributed by atoms with Crippen molar-refractivity contribution in [2.75, 3.05) is 13.2 Å². The summed E-state index contributed by atoms with van der Waals surface area (Å²) in [6.07, 6.45) is 7.97. The van der Waals surface area contributed by atoms with Gasteiger partial charge in [-0.05, 0) is 56.4 Å². The molecule has 0 amide bonds. The zero-order chi connectivity index (χ0) is 26.3. The standard InChI is InChI=1S/C26H33NO9/c1-16(28)34-15-22(30)26(36-23(31)9-13-35-27(32)33)12-8-21-19-5-4-17-14-18(29)6-10-24(17,2)20(19)7-11-25(21,26)3/h7,14,19,21H,4-6,8-13,15H2,1-3H3/t19-,21+,24+,25+,26+/m1/s1. The molecule has 2 saturated carbocycles. The van der Waals surface area contributed by atoms with Crippen molar-refractivity contribution in [3.63, 3.8) is 0 Å². The minimum atomic E-state index is -1.51. The largest absolute Gasteiger partial charge is 0.458 e. The van der Waals surface area contributed by atoms with Gasteiger partial charge in [-0.3, -0.25) is 19.2 Å². The highest BCUT2D eigenvalue weighted by Crippen LogP contribution is 2.66. The average Bonchev–Trinajstić information content (AvgIpc) is 3.10. The van der Waals surface area contributed by atoms with Gasteiger partial charge in [0.25, 0.3) is 5.09 Å². The molecule has 0 spiro atoms. The van der Waals surface area contributed by atoms with E-state index in [1.165, 1.54) is 18.1 Å². The van der Waals surface area contributed by atoms with Gasteiger partial charge in [0.1, 0.15) is 6.61 Å². The van der Waals surface area contributed by atoms with Gasteiger partial charge in [0.2, 0.25) is 5.78 Å². The van der Waals surface area contributed by atoms with E-state index < -0.39 is 47.0 Å². The van der Waals surface area contributed by atoms with Crippen molar-refractivity contribution >= 4 is 23.5 Å². The predicted molar refractivity (Wildman–Crippen MR) is 125 cm³/mol. The quantitative estimate of drug-likeness (QED) is 0.211. The number of carbonyl (C=O) groups is 4. The molecule has 2 fully saturated rings. The van der Waals surface area contributed by atoms with Crippen LogP contribution in [0.15, 0.2) is 23.3 Å². The zero-order valence-corrected chi connectivity index (χ0v) is 21.0. The molecule has 0 aliphatic heterocycles. The average molecular weight is 504 g/mol. The third kappa shape index (κ3) is 4.24. The van der Waals surface area contributed by atoms with Gasteiger partial charge in [-0.25, -0.2) is 0 Å².